The standard InChI is InChI=1S/C26H42N4O10/c1-13(2)11-16(27)21(34)29-17(12-14(3)4)22(35)28-15(5)20(33)26(38,23(36)39-25(6,7)8)24(37)40-30-18(31)9-10-19(30)32/h13-17,38H,9-12,27H2,1-8H3,(H,28,35)(H,29,34)/t15-,16-,17-,26?/m0/s1. The lowest BCUT2D eigenvalue weighted by atomic mass is 9.92. The van der Waals surface area contributed by atoms with Gasteiger partial charge >= 0.3 is 17.5 Å². The summed E-state index contributed by atoms with van der Waals surface area (Å²) in [5, 5.41) is 16.0. The molecule has 0 aromatic carbocycles. The van der Waals surface area contributed by atoms with Gasteiger partial charge in [0.25, 0.3) is 11.8 Å². The number of nitrogens with two attached hydrogens (primary N) is 1. The number of nitrogens with zero attached hydrogens (tertiary/aromatic N) is 1. The topological polar surface area (TPSA) is 211 Å². The van der Waals surface area contributed by atoms with Crippen molar-refractivity contribution in [1.82, 2.24) is 15.7 Å². The third-order valence-corrected chi connectivity index (χ3v) is 5.68. The lowest BCUT2D eigenvalue weighted by molar-refractivity contribution is -0.217. The highest BCUT2D eigenvalue weighted by molar-refractivity contribution is 6.26. The molecule has 226 valence electrons. The van der Waals surface area contributed by atoms with Crippen LogP contribution < -0.4 is 16.4 Å². The highest BCUT2D eigenvalue weighted by Crippen LogP contribution is 2.22. The molecule has 1 saturated heterocycles. The lowest BCUT2D eigenvalue weighted by Crippen LogP contribution is -2.63. The molecular formula is C26H42N4O10. The van der Waals surface area contributed by atoms with Crippen LogP contribution in [0.1, 0.15) is 81.1 Å². The molecule has 1 rings (SSSR count). The minimum absolute atomic E-state index is 0.0583. The summed E-state index contributed by atoms with van der Waals surface area (Å²) in [4.78, 5) is 93.3. The molecule has 4 amide bonds. The number of hydroxylamine groups is 2. The normalized spacial score (nSPS) is 17.6. The van der Waals surface area contributed by atoms with Gasteiger partial charge in [-0.05, 0) is 52.4 Å². The van der Waals surface area contributed by atoms with Crippen LogP contribution in [0.4, 0.5) is 0 Å². The summed E-state index contributed by atoms with van der Waals surface area (Å²) in [5.41, 5.74) is 0.990. The van der Waals surface area contributed by atoms with Crippen molar-refractivity contribution < 1.29 is 48.2 Å². The second kappa shape index (κ2) is 13.8. The largest absolute Gasteiger partial charge is 0.457 e. The van der Waals surface area contributed by atoms with Gasteiger partial charge in [-0.25, -0.2) is 9.59 Å². The summed E-state index contributed by atoms with van der Waals surface area (Å²) in [6.45, 7) is 12.7. The SMILES string of the molecule is CC(C)C[C@H](NC(=O)[C@@H](N)CC(C)C)C(=O)N[C@@H](C)C(=O)C(O)(C(=O)ON1C(=O)CCC1=O)C(=O)OC(C)(C)C. The molecule has 1 heterocycles. The Hall–Kier alpha value is -3.39. The highest BCUT2D eigenvalue weighted by atomic mass is 16.7. The van der Waals surface area contributed by atoms with Gasteiger partial charge in [0.1, 0.15) is 11.6 Å². The second-order valence-corrected chi connectivity index (χ2v) is 11.7. The van der Waals surface area contributed by atoms with Gasteiger partial charge in [-0.2, -0.15) is 0 Å². The average Bonchev–Trinajstić information content (AvgIpc) is 3.12. The number of esters is 1. The van der Waals surface area contributed by atoms with Crippen LogP contribution in [-0.2, 0) is 43.1 Å². The van der Waals surface area contributed by atoms with E-state index in [0.29, 0.717) is 6.42 Å². The molecule has 40 heavy (non-hydrogen) atoms. The summed E-state index contributed by atoms with van der Waals surface area (Å²) >= 11 is 0. The maximum absolute atomic E-state index is 13.3. The van der Waals surface area contributed by atoms with Gasteiger partial charge in [-0.1, -0.05) is 27.7 Å². The quantitative estimate of drug-likeness (QED) is 0.128. The van der Waals surface area contributed by atoms with Gasteiger partial charge in [0.05, 0.1) is 12.1 Å². The molecule has 0 bridgehead atoms. The molecule has 0 radical (unpaired) electrons. The molecule has 5 N–H and O–H groups in total. The number of ether oxygens (including phenoxy) is 1. The number of hydrogen-bond acceptors (Lipinski definition) is 11. The van der Waals surface area contributed by atoms with Crippen molar-refractivity contribution >= 4 is 41.4 Å². The number of aliphatic hydroxyl groups is 1. The van der Waals surface area contributed by atoms with Gasteiger partial charge in [0.15, 0.2) is 0 Å². The number of Topliss-reactive ketones (excluding diaryl/α,β-unsaturated/α-hetero) is 1. The Morgan fingerprint density at radius 1 is 0.875 bits per heavy atom. The minimum atomic E-state index is -3.65. The van der Waals surface area contributed by atoms with E-state index in [4.69, 9.17) is 10.5 Å². The average molecular weight is 571 g/mol. The van der Waals surface area contributed by atoms with Crippen LogP contribution in [0.3, 0.4) is 0 Å². The van der Waals surface area contributed by atoms with E-state index in [0.717, 1.165) is 6.92 Å². The molecule has 1 fully saturated rings. The van der Waals surface area contributed by atoms with Crippen molar-refractivity contribution in [1.29, 1.82) is 0 Å². The molecule has 0 spiro atoms. The Morgan fingerprint density at radius 2 is 1.38 bits per heavy atom. The Morgan fingerprint density at radius 3 is 1.82 bits per heavy atom. The predicted octanol–water partition coefficient (Wildman–Crippen LogP) is -0.355. The van der Waals surface area contributed by atoms with Crippen molar-refractivity contribution in [3.8, 4) is 0 Å². The lowest BCUT2D eigenvalue weighted by Gasteiger charge is -2.30. The number of rotatable bonds is 13. The monoisotopic (exact) mass is 570 g/mol. The fourth-order valence-corrected chi connectivity index (χ4v) is 3.73. The molecule has 1 aliphatic rings. The van der Waals surface area contributed by atoms with Gasteiger partial charge in [-0.15, -0.1) is 5.06 Å². The minimum Gasteiger partial charge on any atom is -0.457 e. The summed E-state index contributed by atoms with van der Waals surface area (Å²) in [6.07, 6.45) is -0.0312. The molecule has 1 unspecified atom stereocenters. The third-order valence-electron chi connectivity index (χ3n) is 5.68. The summed E-state index contributed by atoms with van der Waals surface area (Å²) < 4.78 is 5.05. The molecule has 1 aliphatic heterocycles. The van der Waals surface area contributed by atoms with Crippen LogP contribution in [0.15, 0.2) is 0 Å². The molecule has 0 aromatic heterocycles. The molecule has 14 nitrogen and oxygen atoms in total. The molecule has 0 aromatic rings. The number of carbonyl (C=O) groups excluding carboxylic acids is 7. The van der Waals surface area contributed by atoms with Crippen LogP contribution in [0, 0.1) is 11.8 Å². The number of imide groups is 1. The highest BCUT2D eigenvalue weighted by Gasteiger charge is 2.58. The fraction of sp³-hybridized carbons (Fsp3) is 0.731. The molecule has 14 heteroatoms. The van der Waals surface area contributed by atoms with Crippen molar-refractivity contribution in [2.24, 2.45) is 17.6 Å². The van der Waals surface area contributed by atoms with Gasteiger partial charge in [-0.3, -0.25) is 24.0 Å². The molecular weight excluding hydrogens is 528 g/mol. The second-order valence-electron chi connectivity index (χ2n) is 11.7. The van der Waals surface area contributed by atoms with E-state index in [9.17, 15) is 38.7 Å². The van der Waals surface area contributed by atoms with E-state index in [1.54, 1.807) is 13.8 Å². The Kier molecular flexibility index (Phi) is 11.9. The Labute approximate surface area is 233 Å². The molecule has 0 saturated carbocycles. The summed E-state index contributed by atoms with van der Waals surface area (Å²) in [6, 6.07) is -3.72. The van der Waals surface area contributed by atoms with Crippen LogP contribution in [0.5, 0.6) is 0 Å². The van der Waals surface area contributed by atoms with E-state index >= 15 is 0 Å². The van der Waals surface area contributed by atoms with Crippen molar-refractivity contribution in [2.75, 3.05) is 0 Å². The van der Waals surface area contributed by atoms with E-state index in [2.05, 4.69) is 15.5 Å². The Bertz CT molecular complexity index is 1000. The van der Waals surface area contributed by atoms with Crippen LogP contribution in [-0.4, -0.2) is 80.8 Å². The zero-order valence-corrected chi connectivity index (χ0v) is 24.4. The van der Waals surface area contributed by atoms with Crippen LogP contribution in [0.2, 0.25) is 0 Å². The van der Waals surface area contributed by atoms with E-state index in [1.165, 1.54) is 20.8 Å². The smallest absolute Gasteiger partial charge is 0.384 e. The zero-order valence-electron chi connectivity index (χ0n) is 24.4. The van der Waals surface area contributed by atoms with Crippen LogP contribution >= 0.6 is 0 Å². The first kappa shape index (κ1) is 34.6. The maximum atomic E-state index is 13.3. The van der Waals surface area contributed by atoms with E-state index < -0.39 is 70.7 Å². The molecule has 0 aliphatic carbocycles. The summed E-state index contributed by atoms with van der Waals surface area (Å²) in [5.74, 6) is -8.45. The van der Waals surface area contributed by atoms with Gasteiger partial charge in [0.2, 0.25) is 17.6 Å². The third kappa shape index (κ3) is 9.37. The van der Waals surface area contributed by atoms with Crippen molar-refractivity contribution in [2.45, 2.75) is 110 Å². The number of hydrogen-bond donors (Lipinski definition) is 4. The number of carbonyl (C=O) groups is 7. The number of nitrogens with one attached hydrogen (secondary N) is 2. The Balaban J connectivity index is 3.23. The molecule has 4 atom stereocenters. The first-order valence-corrected chi connectivity index (χ1v) is 13.1. The first-order valence-electron chi connectivity index (χ1n) is 13.1. The first-order chi connectivity index (χ1) is 18.2. The van der Waals surface area contributed by atoms with Gasteiger partial charge in [0, 0.05) is 12.8 Å². The fourth-order valence-electron chi connectivity index (χ4n) is 3.73. The summed E-state index contributed by atoms with van der Waals surface area (Å²) in [7, 11) is 0. The number of ketones is 1. The number of amides is 4. The van der Waals surface area contributed by atoms with Crippen LogP contribution in [0.25, 0.3) is 0 Å². The van der Waals surface area contributed by atoms with E-state index in [1.807, 2.05) is 13.8 Å². The zero-order chi connectivity index (χ0) is 31.2. The van der Waals surface area contributed by atoms with Gasteiger partial charge < -0.3 is 31.0 Å². The van der Waals surface area contributed by atoms with Crippen molar-refractivity contribution in [3.63, 3.8) is 0 Å². The van der Waals surface area contributed by atoms with Crippen molar-refractivity contribution in [3.05, 3.63) is 0 Å². The predicted molar refractivity (Wildman–Crippen MR) is 139 cm³/mol. The van der Waals surface area contributed by atoms with E-state index in [-0.39, 0.29) is 36.2 Å². The maximum Gasteiger partial charge on any atom is 0.384 e.